The van der Waals surface area contributed by atoms with Crippen molar-refractivity contribution in [3.05, 3.63) is 0 Å². The molecule has 82 valence electrons. The molecule has 4 nitrogen and oxygen atoms in total. The van der Waals surface area contributed by atoms with E-state index in [4.69, 9.17) is 5.73 Å². The molecule has 1 saturated heterocycles. The quantitative estimate of drug-likeness (QED) is 0.674. The second-order valence-corrected chi connectivity index (χ2v) is 6.66. The third-order valence-corrected chi connectivity index (χ3v) is 4.76. The number of hydrogen-bond donors (Lipinski definition) is 1. The fourth-order valence-corrected chi connectivity index (χ4v) is 3.62. The molecule has 0 amide bonds. The molecule has 2 N–H and O–H groups in total. The Morgan fingerprint density at radius 1 is 1.21 bits per heavy atom. The Morgan fingerprint density at radius 3 is 2.50 bits per heavy atom. The summed E-state index contributed by atoms with van der Waals surface area (Å²) in [4.78, 5) is 0. The van der Waals surface area contributed by atoms with Crippen LogP contribution in [0, 0.1) is 11.8 Å². The molecule has 1 saturated carbocycles. The van der Waals surface area contributed by atoms with Crippen molar-refractivity contribution in [1.82, 2.24) is 4.31 Å². The third-order valence-electron chi connectivity index (χ3n) is 3.53. The van der Waals surface area contributed by atoms with Gasteiger partial charge in [0.2, 0.25) is 10.0 Å². The van der Waals surface area contributed by atoms with Crippen molar-refractivity contribution < 1.29 is 8.42 Å². The molecule has 1 heterocycles. The van der Waals surface area contributed by atoms with E-state index in [1.54, 1.807) is 4.31 Å². The van der Waals surface area contributed by atoms with Crippen LogP contribution in [0.2, 0.25) is 0 Å². The van der Waals surface area contributed by atoms with Gasteiger partial charge in [-0.05, 0) is 31.1 Å². The van der Waals surface area contributed by atoms with Gasteiger partial charge in [0.15, 0.2) is 0 Å². The van der Waals surface area contributed by atoms with Crippen LogP contribution in [0.5, 0.6) is 0 Å². The topological polar surface area (TPSA) is 63.4 Å². The summed E-state index contributed by atoms with van der Waals surface area (Å²) in [5, 5.41) is 0. The van der Waals surface area contributed by atoms with Crippen LogP contribution < -0.4 is 5.73 Å². The Kier molecular flexibility index (Phi) is 2.57. The largest absolute Gasteiger partial charge is 0.328 e. The lowest BCUT2D eigenvalue weighted by molar-refractivity contribution is 0.271. The molecule has 2 rings (SSSR count). The molecule has 2 fully saturated rings. The first-order valence-electron chi connectivity index (χ1n) is 5.17. The number of hydrogen-bond acceptors (Lipinski definition) is 3. The van der Waals surface area contributed by atoms with Crippen molar-refractivity contribution in [2.75, 3.05) is 19.3 Å². The van der Waals surface area contributed by atoms with Crippen molar-refractivity contribution in [1.29, 1.82) is 0 Å². The van der Waals surface area contributed by atoms with Gasteiger partial charge in [-0.2, -0.15) is 0 Å². The number of nitrogens with two attached hydrogens (primary N) is 1. The second-order valence-electron chi connectivity index (χ2n) is 4.67. The fraction of sp³-hybridized carbons (Fsp3) is 1.00. The Morgan fingerprint density at radius 2 is 1.86 bits per heavy atom. The van der Waals surface area contributed by atoms with Gasteiger partial charge in [-0.3, -0.25) is 0 Å². The summed E-state index contributed by atoms with van der Waals surface area (Å²) in [7, 11) is -2.99. The predicted octanol–water partition coefficient (Wildman–Crippen LogP) is 0.00520. The highest BCUT2D eigenvalue weighted by atomic mass is 32.2. The maximum Gasteiger partial charge on any atom is 0.211 e. The van der Waals surface area contributed by atoms with Gasteiger partial charge in [0.05, 0.1) is 6.26 Å². The Balaban J connectivity index is 2.06. The van der Waals surface area contributed by atoms with Gasteiger partial charge in [0.1, 0.15) is 0 Å². The van der Waals surface area contributed by atoms with Crippen LogP contribution in [0.4, 0.5) is 0 Å². The van der Waals surface area contributed by atoms with Crippen molar-refractivity contribution in [3.63, 3.8) is 0 Å². The molecule has 0 aromatic heterocycles. The molecule has 0 aromatic rings. The minimum Gasteiger partial charge on any atom is -0.328 e. The number of fused-ring (bicyclic) bond motifs is 1. The molecule has 0 aromatic carbocycles. The zero-order valence-corrected chi connectivity index (χ0v) is 9.33. The van der Waals surface area contributed by atoms with Gasteiger partial charge < -0.3 is 5.73 Å². The third kappa shape index (κ3) is 1.94. The van der Waals surface area contributed by atoms with E-state index in [9.17, 15) is 8.42 Å². The zero-order chi connectivity index (χ0) is 10.3. The molecule has 3 atom stereocenters. The standard InChI is InChI=1S/C9H18N2O2S/c1-14(12,13)11-5-7-2-3-9(10)4-8(7)6-11/h7-9H,2-6,10H2,1H3/t7-,8+,9?/m1/s1. The number of sulfonamides is 1. The van der Waals surface area contributed by atoms with Crippen molar-refractivity contribution in [3.8, 4) is 0 Å². The fourth-order valence-electron chi connectivity index (χ4n) is 2.70. The van der Waals surface area contributed by atoms with Gasteiger partial charge in [0, 0.05) is 19.1 Å². The summed E-state index contributed by atoms with van der Waals surface area (Å²) in [6.07, 6.45) is 4.44. The van der Waals surface area contributed by atoms with Gasteiger partial charge >= 0.3 is 0 Å². The minimum atomic E-state index is -2.99. The average molecular weight is 218 g/mol. The average Bonchev–Trinajstić information content (AvgIpc) is 2.45. The molecule has 0 bridgehead atoms. The minimum absolute atomic E-state index is 0.288. The molecule has 0 spiro atoms. The van der Waals surface area contributed by atoms with Crippen LogP contribution in [-0.4, -0.2) is 38.1 Å². The van der Waals surface area contributed by atoms with Gasteiger partial charge in [-0.1, -0.05) is 0 Å². The SMILES string of the molecule is CS(=O)(=O)N1C[C@H]2CCC(N)C[C@H]2C1. The summed E-state index contributed by atoms with van der Waals surface area (Å²) in [6.45, 7) is 1.41. The Hall–Kier alpha value is -0.130. The lowest BCUT2D eigenvalue weighted by Crippen LogP contribution is -2.32. The van der Waals surface area contributed by atoms with Gasteiger partial charge in [-0.25, -0.2) is 12.7 Å². The Bertz CT molecular complexity index is 315. The maximum absolute atomic E-state index is 11.4. The van der Waals surface area contributed by atoms with E-state index in [0.29, 0.717) is 18.4 Å². The predicted molar refractivity (Wildman–Crippen MR) is 55.2 cm³/mol. The van der Waals surface area contributed by atoms with Crippen molar-refractivity contribution in [2.24, 2.45) is 17.6 Å². The summed E-state index contributed by atoms with van der Waals surface area (Å²) >= 11 is 0. The van der Waals surface area contributed by atoms with E-state index in [0.717, 1.165) is 25.8 Å². The normalized spacial score (nSPS) is 39.7. The van der Waals surface area contributed by atoms with Crippen molar-refractivity contribution >= 4 is 10.0 Å². The molecule has 1 aliphatic heterocycles. The van der Waals surface area contributed by atoms with Crippen LogP contribution in [-0.2, 0) is 10.0 Å². The monoisotopic (exact) mass is 218 g/mol. The second kappa shape index (κ2) is 3.47. The van der Waals surface area contributed by atoms with E-state index < -0.39 is 10.0 Å². The molecular formula is C9H18N2O2S. The van der Waals surface area contributed by atoms with E-state index in [2.05, 4.69) is 0 Å². The molecule has 1 aliphatic carbocycles. The van der Waals surface area contributed by atoms with Crippen molar-refractivity contribution in [2.45, 2.75) is 25.3 Å². The zero-order valence-electron chi connectivity index (χ0n) is 8.52. The molecule has 1 unspecified atom stereocenters. The lowest BCUT2D eigenvalue weighted by Gasteiger charge is -2.28. The maximum atomic E-state index is 11.4. The first-order valence-corrected chi connectivity index (χ1v) is 7.02. The highest BCUT2D eigenvalue weighted by molar-refractivity contribution is 7.88. The van der Waals surface area contributed by atoms with Gasteiger partial charge in [-0.15, -0.1) is 0 Å². The molecule has 2 aliphatic rings. The Labute approximate surface area is 85.5 Å². The summed E-state index contributed by atoms with van der Waals surface area (Å²) in [5.74, 6) is 1.07. The lowest BCUT2D eigenvalue weighted by atomic mass is 9.79. The highest BCUT2D eigenvalue weighted by Gasteiger charge is 2.39. The summed E-state index contributed by atoms with van der Waals surface area (Å²) in [5.41, 5.74) is 5.88. The molecule has 14 heavy (non-hydrogen) atoms. The molecule has 0 radical (unpaired) electrons. The number of nitrogens with zero attached hydrogens (tertiary/aromatic N) is 1. The first kappa shape index (κ1) is 10.4. The summed E-state index contributed by atoms with van der Waals surface area (Å²) in [6, 6.07) is 0.288. The van der Waals surface area contributed by atoms with Crippen LogP contribution in [0.25, 0.3) is 0 Å². The van der Waals surface area contributed by atoms with Gasteiger partial charge in [0.25, 0.3) is 0 Å². The van der Waals surface area contributed by atoms with Crippen LogP contribution >= 0.6 is 0 Å². The summed E-state index contributed by atoms with van der Waals surface area (Å²) < 4.78 is 24.3. The molecule has 5 heteroatoms. The van der Waals surface area contributed by atoms with Crippen LogP contribution in [0.1, 0.15) is 19.3 Å². The smallest absolute Gasteiger partial charge is 0.211 e. The number of rotatable bonds is 1. The van der Waals surface area contributed by atoms with Crippen LogP contribution in [0.15, 0.2) is 0 Å². The first-order chi connectivity index (χ1) is 6.47. The molecular weight excluding hydrogens is 200 g/mol. The van der Waals surface area contributed by atoms with E-state index in [-0.39, 0.29) is 6.04 Å². The van der Waals surface area contributed by atoms with Crippen LogP contribution in [0.3, 0.4) is 0 Å². The van der Waals surface area contributed by atoms with E-state index in [1.807, 2.05) is 0 Å². The highest BCUT2D eigenvalue weighted by Crippen LogP contribution is 2.36. The van der Waals surface area contributed by atoms with E-state index in [1.165, 1.54) is 6.26 Å². The van der Waals surface area contributed by atoms with E-state index >= 15 is 0 Å².